The molecule has 0 aliphatic carbocycles. The molecule has 3 aromatic rings. The van der Waals surface area contributed by atoms with Gasteiger partial charge in [0.1, 0.15) is 31.0 Å². The van der Waals surface area contributed by atoms with Crippen LogP contribution in [0.1, 0.15) is 0 Å². The van der Waals surface area contributed by atoms with Gasteiger partial charge in [0, 0.05) is 22.4 Å². The number of hydrogen-bond acceptors (Lipinski definition) is 5. The molecule has 0 saturated carbocycles. The second kappa shape index (κ2) is 4.92. The van der Waals surface area contributed by atoms with Gasteiger partial charge in [0.15, 0.2) is 11.5 Å². The highest BCUT2D eigenvalue weighted by atomic mass is 79.9. The lowest BCUT2D eigenvalue weighted by Gasteiger charge is -2.19. The fraction of sp³-hybridized carbons (Fsp3) is 0.143. The van der Waals surface area contributed by atoms with Crippen molar-refractivity contribution < 1.29 is 9.47 Å². The molecule has 0 radical (unpaired) electrons. The predicted molar refractivity (Wildman–Crippen MR) is 82.3 cm³/mol. The fourth-order valence-corrected chi connectivity index (χ4v) is 2.77. The summed E-state index contributed by atoms with van der Waals surface area (Å²) < 4.78 is 12.0. The second-order valence-electron chi connectivity index (χ2n) is 4.57. The maximum absolute atomic E-state index is 5.58. The van der Waals surface area contributed by atoms with E-state index in [4.69, 9.17) is 9.47 Å². The Morgan fingerprint density at radius 2 is 2.00 bits per heavy atom. The van der Waals surface area contributed by atoms with E-state index in [1.54, 1.807) is 0 Å². The molecule has 6 nitrogen and oxygen atoms in total. The summed E-state index contributed by atoms with van der Waals surface area (Å²) in [5.74, 6) is 2.23. The molecule has 0 atom stereocenters. The van der Waals surface area contributed by atoms with Crippen LogP contribution in [0.2, 0.25) is 0 Å². The summed E-state index contributed by atoms with van der Waals surface area (Å²) in [6.45, 7) is 1.15. The maximum Gasteiger partial charge on any atom is 0.163 e. The van der Waals surface area contributed by atoms with E-state index in [2.05, 4.69) is 36.2 Å². The van der Waals surface area contributed by atoms with Gasteiger partial charge < -0.3 is 19.8 Å². The van der Waals surface area contributed by atoms with Crippen LogP contribution in [-0.2, 0) is 0 Å². The SMILES string of the molecule is Brc1c[nH]c2ncnc(Nc3ccc4c(c3)OCCO4)c12. The molecular formula is C14H11BrN4O2. The Kier molecular flexibility index (Phi) is 2.92. The average Bonchev–Trinajstić information content (AvgIpc) is 2.90. The van der Waals surface area contributed by atoms with Crippen LogP contribution in [0, 0.1) is 0 Å². The Hall–Kier alpha value is -2.28. The maximum atomic E-state index is 5.58. The van der Waals surface area contributed by atoms with Crippen molar-refractivity contribution in [2.75, 3.05) is 18.5 Å². The van der Waals surface area contributed by atoms with E-state index < -0.39 is 0 Å². The monoisotopic (exact) mass is 346 g/mol. The molecule has 7 heteroatoms. The first kappa shape index (κ1) is 12.5. The summed E-state index contributed by atoms with van der Waals surface area (Å²) in [7, 11) is 0. The number of rotatable bonds is 2. The molecule has 4 rings (SSSR count). The third kappa shape index (κ3) is 2.19. The molecular weight excluding hydrogens is 336 g/mol. The normalized spacial score (nSPS) is 13.4. The molecule has 0 amide bonds. The molecule has 1 aliphatic heterocycles. The number of fused-ring (bicyclic) bond motifs is 2. The van der Waals surface area contributed by atoms with Gasteiger partial charge in [-0.1, -0.05) is 0 Å². The van der Waals surface area contributed by atoms with Crippen molar-refractivity contribution in [2.45, 2.75) is 0 Å². The summed E-state index contributed by atoms with van der Waals surface area (Å²) in [4.78, 5) is 11.6. The molecule has 1 aromatic carbocycles. The summed E-state index contributed by atoms with van der Waals surface area (Å²) in [6.07, 6.45) is 3.36. The molecule has 21 heavy (non-hydrogen) atoms. The molecule has 2 N–H and O–H groups in total. The fourth-order valence-electron chi connectivity index (χ4n) is 2.28. The van der Waals surface area contributed by atoms with Crippen LogP contribution < -0.4 is 14.8 Å². The van der Waals surface area contributed by atoms with Crippen LogP contribution in [0.15, 0.2) is 35.2 Å². The van der Waals surface area contributed by atoms with E-state index in [1.807, 2.05) is 24.4 Å². The smallest absolute Gasteiger partial charge is 0.163 e. The average molecular weight is 347 g/mol. The lowest BCUT2D eigenvalue weighted by molar-refractivity contribution is 0.171. The summed E-state index contributed by atoms with van der Waals surface area (Å²) in [6, 6.07) is 5.73. The Balaban J connectivity index is 1.73. The lowest BCUT2D eigenvalue weighted by atomic mass is 10.2. The van der Waals surface area contributed by atoms with E-state index in [9.17, 15) is 0 Å². The Labute approximate surface area is 128 Å². The van der Waals surface area contributed by atoms with Crippen molar-refractivity contribution in [3.63, 3.8) is 0 Å². The zero-order valence-corrected chi connectivity index (χ0v) is 12.5. The van der Waals surface area contributed by atoms with Crippen molar-refractivity contribution in [3.05, 3.63) is 35.2 Å². The first-order valence-corrected chi connectivity index (χ1v) is 7.25. The van der Waals surface area contributed by atoms with Gasteiger partial charge in [0.25, 0.3) is 0 Å². The molecule has 0 fully saturated rings. The largest absolute Gasteiger partial charge is 0.486 e. The van der Waals surface area contributed by atoms with Gasteiger partial charge in [-0.2, -0.15) is 0 Å². The van der Waals surface area contributed by atoms with Gasteiger partial charge in [-0.15, -0.1) is 0 Å². The minimum absolute atomic E-state index is 0.567. The van der Waals surface area contributed by atoms with E-state index in [0.29, 0.717) is 13.2 Å². The minimum Gasteiger partial charge on any atom is -0.486 e. The minimum atomic E-state index is 0.567. The predicted octanol–water partition coefficient (Wildman–Crippen LogP) is 3.24. The number of nitrogens with zero attached hydrogens (tertiary/aromatic N) is 2. The van der Waals surface area contributed by atoms with Gasteiger partial charge in [-0.05, 0) is 28.1 Å². The van der Waals surface area contributed by atoms with Crippen LogP contribution >= 0.6 is 15.9 Å². The Morgan fingerprint density at radius 1 is 1.14 bits per heavy atom. The molecule has 0 saturated heterocycles. The zero-order chi connectivity index (χ0) is 14.2. The first-order chi connectivity index (χ1) is 10.3. The summed E-state index contributed by atoms with van der Waals surface area (Å²) in [5, 5.41) is 4.20. The molecule has 0 bridgehead atoms. The Morgan fingerprint density at radius 3 is 2.90 bits per heavy atom. The van der Waals surface area contributed by atoms with Gasteiger partial charge in [-0.3, -0.25) is 0 Å². The van der Waals surface area contributed by atoms with Crippen molar-refractivity contribution in [1.29, 1.82) is 0 Å². The number of H-pyrrole nitrogens is 1. The number of halogens is 1. The molecule has 0 unspecified atom stereocenters. The van der Waals surface area contributed by atoms with Crippen LogP contribution in [0.25, 0.3) is 11.0 Å². The topological polar surface area (TPSA) is 72.1 Å². The number of aromatic nitrogens is 3. The molecule has 3 heterocycles. The molecule has 0 spiro atoms. The number of nitrogens with one attached hydrogen (secondary N) is 2. The van der Waals surface area contributed by atoms with Gasteiger partial charge in [-0.25, -0.2) is 9.97 Å². The van der Waals surface area contributed by atoms with E-state index in [1.165, 1.54) is 6.33 Å². The highest BCUT2D eigenvalue weighted by molar-refractivity contribution is 9.10. The van der Waals surface area contributed by atoms with Crippen LogP contribution in [0.4, 0.5) is 11.5 Å². The molecule has 106 valence electrons. The summed E-state index contributed by atoms with van der Waals surface area (Å²) >= 11 is 3.50. The van der Waals surface area contributed by atoms with Gasteiger partial charge in [0.2, 0.25) is 0 Å². The highest BCUT2D eigenvalue weighted by Gasteiger charge is 2.13. The number of ether oxygens (including phenoxy) is 2. The summed E-state index contributed by atoms with van der Waals surface area (Å²) in [5.41, 5.74) is 1.66. The number of anilines is 2. The first-order valence-electron chi connectivity index (χ1n) is 6.45. The highest BCUT2D eigenvalue weighted by Crippen LogP contribution is 2.35. The van der Waals surface area contributed by atoms with Gasteiger partial charge in [0.05, 0.1) is 5.39 Å². The van der Waals surface area contributed by atoms with Crippen molar-refractivity contribution >= 4 is 38.5 Å². The number of hydrogen-bond donors (Lipinski definition) is 2. The van der Waals surface area contributed by atoms with E-state index in [-0.39, 0.29) is 0 Å². The van der Waals surface area contributed by atoms with Crippen molar-refractivity contribution in [2.24, 2.45) is 0 Å². The van der Waals surface area contributed by atoms with Crippen molar-refractivity contribution in [1.82, 2.24) is 15.0 Å². The van der Waals surface area contributed by atoms with E-state index in [0.717, 1.165) is 38.5 Å². The zero-order valence-electron chi connectivity index (χ0n) is 10.9. The van der Waals surface area contributed by atoms with Crippen molar-refractivity contribution in [3.8, 4) is 11.5 Å². The molecule has 1 aliphatic rings. The molecule has 2 aromatic heterocycles. The quantitative estimate of drug-likeness (QED) is 0.745. The third-order valence-corrected chi connectivity index (χ3v) is 3.85. The van der Waals surface area contributed by atoms with E-state index >= 15 is 0 Å². The Bertz CT molecular complexity index is 818. The van der Waals surface area contributed by atoms with Gasteiger partial charge >= 0.3 is 0 Å². The van der Waals surface area contributed by atoms with Crippen LogP contribution in [0.5, 0.6) is 11.5 Å². The van der Waals surface area contributed by atoms with Crippen LogP contribution in [0.3, 0.4) is 0 Å². The standard InChI is InChI=1S/C14H11BrN4O2/c15-9-6-16-13-12(9)14(18-7-17-13)19-8-1-2-10-11(5-8)21-4-3-20-10/h1-2,5-7H,3-4H2,(H2,16,17,18,19). The second-order valence-corrected chi connectivity index (χ2v) is 5.42. The van der Waals surface area contributed by atoms with Crippen LogP contribution in [-0.4, -0.2) is 28.2 Å². The number of benzene rings is 1. The third-order valence-electron chi connectivity index (χ3n) is 3.23. The lowest BCUT2D eigenvalue weighted by Crippen LogP contribution is -2.15. The number of aromatic amines is 1.